The summed E-state index contributed by atoms with van der Waals surface area (Å²) in [6.45, 7) is 0. The first kappa shape index (κ1) is 11.8. The molecule has 0 amide bonds. The lowest BCUT2D eigenvalue weighted by molar-refractivity contribution is 0.398. The average molecular weight is 275 g/mol. The largest absolute Gasteiger partial charge is 0.481 e. The topological polar surface area (TPSA) is 65.4 Å². The van der Waals surface area contributed by atoms with Crippen LogP contribution in [0, 0.1) is 0 Å². The molecule has 0 aliphatic carbocycles. The van der Waals surface area contributed by atoms with Crippen molar-refractivity contribution in [2.75, 3.05) is 12.8 Å². The number of aromatic nitrogens is 3. The summed E-state index contributed by atoms with van der Waals surface area (Å²) in [7, 11) is 1.57. The van der Waals surface area contributed by atoms with Crippen molar-refractivity contribution in [3.05, 3.63) is 41.7 Å². The Labute approximate surface area is 114 Å². The number of rotatable bonds is 2. The van der Waals surface area contributed by atoms with Gasteiger partial charge in [0.05, 0.1) is 12.1 Å². The van der Waals surface area contributed by atoms with Gasteiger partial charge in [0.1, 0.15) is 17.2 Å². The number of hydrogen-bond acceptors (Lipinski definition) is 4. The number of hydrogen-bond donors (Lipinski definition) is 1. The fourth-order valence-corrected chi connectivity index (χ4v) is 2.05. The van der Waals surface area contributed by atoms with Crippen molar-refractivity contribution < 1.29 is 4.74 Å². The highest BCUT2D eigenvalue weighted by atomic mass is 35.5. The van der Waals surface area contributed by atoms with E-state index < -0.39 is 0 Å². The van der Waals surface area contributed by atoms with Gasteiger partial charge in [0, 0.05) is 24.0 Å². The van der Waals surface area contributed by atoms with Crippen LogP contribution in [-0.2, 0) is 0 Å². The number of fused-ring (bicyclic) bond motifs is 1. The second-order valence-electron chi connectivity index (χ2n) is 4.01. The molecule has 0 atom stereocenters. The summed E-state index contributed by atoms with van der Waals surface area (Å²) in [5.74, 6) is 1.08. The molecule has 0 spiro atoms. The van der Waals surface area contributed by atoms with Crippen molar-refractivity contribution in [2.24, 2.45) is 0 Å². The van der Waals surface area contributed by atoms with Crippen LogP contribution in [0.2, 0.25) is 5.02 Å². The van der Waals surface area contributed by atoms with Crippen molar-refractivity contribution >= 4 is 23.1 Å². The minimum absolute atomic E-state index is 0.532. The van der Waals surface area contributed by atoms with E-state index in [1.807, 2.05) is 12.1 Å². The average Bonchev–Trinajstić information content (AvgIpc) is 2.76. The monoisotopic (exact) mass is 274 g/mol. The highest BCUT2D eigenvalue weighted by molar-refractivity contribution is 6.30. The molecule has 0 aliphatic rings. The molecule has 3 aromatic rings. The Morgan fingerprint density at radius 3 is 2.79 bits per heavy atom. The van der Waals surface area contributed by atoms with Gasteiger partial charge in [-0.05, 0) is 18.2 Å². The molecular weight excluding hydrogens is 264 g/mol. The number of anilines is 1. The molecule has 3 rings (SSSR count). The zero-order valence-corrected chi connectivity index (χ0v) is 10.9. The zero-order valence-electron chi connectivity index (χ0n) is 10.2. The van der Waals surface area contributed by atoms with Gasteiger partial charge in [-0.1, -0.05) is 11.6 Å². The van der Waals surface area contributed by atoms with Crippen molar-refractivity contribution in [1.82, 2.24) is 14.4 Å². The smallest absolute Gasteiger partial charge is 0.212 e. The summed E-state index contributed by atoms with van der Waals surface area (Å²) < 4.78 is 6.78. The number of imidazole rings is 1. The number of pyridine rings is 2. The molecule has 3 aromatic heterocycles. The third-order valence-electron chi connectivity index (χ3n) is 2.84. The number of nitrogens with two attached hydrogens (primary N) is 1. The Bertz CT molecular complexity index is 736. The van der Waals surface area contributed by atoms with Crippen LogP contribution in [0.1, 0.15) is 0 Å². The molecule has 19 heavy (non-hydrogen) atoms. The molecule has 5 nitrogen and oxygen atoms in total. The van der Waals surface area contributed by atoms with Crippen LogP contribution in [0.25, 0.3) is 16.9 Å². The first-order valence-electron chi connectivity index (χ1n) is 5.62. The van der Waals surface area contributed by atoms with E-state index in [1.54, 1.807) is 36.0 Å². The van der Waals surface area contributed by atoms with E-state index in [9.17, 15) is 0 Å². The maximum Gasteiger partial charge on any atom is 0.212 e. The van der Waals surface area contributed by atoms with E-state index in [1.165, 1.54) is 0 Å². The van der Waals surface area contributed by atoms with Crippen LogP contribution >= 0.6 is 11.6 Å². The lowest BCUT2D eigenvalue weighted by Gasteiger charge is -2.01. The van der Waals surface area contributed by atoms with Gasteiger partial charge < -0.3 is 10.5 Å². The van der Waals surface area contributed by atoms with Crippen LogP contribution in [0.15, 0.2) is 36.7 Å². The molecule has 6 heteroatoms. The molecular formula is C13H11ClN4O. The lowest BCUT2D eigenvalue weighted by Crippen LogP contribution is -1.94. The number of nitrogen functional groups attached to an aromatic ring is 1. The summed E-state index contributed by atoms with van der Waals surface area (Å²) in [5.41, 5.74) is 8.35. The molecule has 0 radical (unpaired) electrons. The Balaban J connectivity index is 2.16. The van der Waals surface area contributed by atoms with Gasteiger partial charge in [-0.2, -0.15) is 0 Å². The van der Waals surface area contributed by atoms with Crippen molar-refractivity contribution in [3.8, 4) is 17.1 Å². The second kappa shape index (κ2) is 4.44. The summed E-state index contributed by atoms with van der Waals surface area (Å²) in [4.78, 5) is 8.63. The van der Waals surface area contributed by atoms with Gasteiger partial charge in [0.25, 0.3) is 0 Å². The van der Waals surface area contributed by atoms with Crippen LogP contribution in [0.3, 0.4) is 0 Å². The molecule has 96 valence electrons. The number of halogens is 1. The Kier molecular flexibility index (Phi) is 2.76. The SMILES string of the molecule is COc1ccc(-c2nc3ccc(Cl)cn3c2N)cn1. The van der Waals surface area contributed by atoms with Gasteiger partial charge in [0.2, 0.25) is 5.88 Å². The highest BCUT2D eigenvalue weighted by Crippen LogP contribution is 2.27. The third kappa shape index (κ3) is 1.98. The van der Waals surface area contributed by atoms with Crippen molar-refractivity contribution in [2.45, 2.75) is 0 Å². The van der Waals surface area contributed by atoms with Crippen molar-refractivity contribution in [3.63, 3.8) is 0 Å². The van der Waals surface area contributed by atoms with E-state index in [2.05, 4.69) is 9.97 Å². The van der Waals surface area contributed by atoms with Gasteiger partial charge >= 0.3 is 0 Å². The van der Waals surface area contributed by atoms with Crippen molar-refractivity contribution in [1.29, 1.82) is 0 Å². The molecule has 0 aliphatic heterocycles. The first-order chi connectivity index (χ1) is 9.19. The van der Waals surface area contributed by atoms with E-state index in [-0.39, 0.29) is 0 Å². The van der Waals surface area contributed by atoms with E-state index in [4.69, 9.17) is 22.1 Å². The van der Waals surface area contributed by atoms with Gasteiger partial charge in [0.15, 0.2) is 0 Å². The highest BCUT2D eigenvalue weighted by Gasteiger charge is 2.11. The molecule has 0 unspecified atom stereocenters. The molecule has 0 fully saturated rings. The third-order valence-corrected chi connectivity index (χ3v) is 3.06. The fourth-order valence-electron chi connectivity index (χ4n) is 1.89. The minimum atomic E-state index is 0.532. The second-order valence-corrected chi connectivity index (χ2v) is 4.45. The zero-order chi connectivity index (χ0) is 13.4. The van der Waals surface area contributed by atoms with Gasteiger partial charge in [-0.15, -0.1) is 0 Å². The fraction of sp³-hybridized carbons (Fsp3) is 0.0769. The number of ether oxygens (including phenoxy) is 1. The molecule has 0 saturated heterocycles. The molecule has 2 N–H and O–H groups in total. The Hall–Kier alpha value is -2.27. The number of nitrogens with zero attached hydrogens (tertiary/aromatic N) is 3. The number of methoxy groups -OCH3 is 1. The Morgan fingerprint density at radius 2 is 2.11 bits per heavy atom. The quantitative estimate of drug-likeness (QED) is 0.780. The molecule has 0 aromatic carbocycles. The molecule has 3 heterocycles. The maximum atomic E-state index is 6.09. The van der Waals surface area contributed by atoms with Crippen LogP contribution in [-0.4, -0.2) is 21.5 Å². The normalized spacial score (nSPS) is 10.8. The van der Waals surface area contributed by atoms with E-state index in [0.29, 0.717) is 22.4 Å². The first-order valence-corrected chi connectivity index (χ1v) is 6.00. The minimum Gasteiger partial charge on any atom is -0.481 e. The van der Waals surface area contributed by atoms with E-state index >= 15 is 0 Å². The summed E-state index contributed by atoms with van der Waals surface area (Å²) >= 11 is 5.95. The molecule has 0 saturated carbocycles. The summed E-state index contributed by atoms with van der Waals surface area (Å²) in [6.07, 6.45) is 3.41. The van der Waals surface area contributed by atoms with E-state index in [0.717, 1.165) is 11.2 Å². The standard InChI is InChI=1S/C13H11ClN4O/c1-19-11-5-2-8(6-16-11)12-13(15)18-7-9(14)3-4-10(18)17-12/h2-7H,15H2,1H3. The van der Waals surface area contributed by atoms with Gasteiger partial charge in [-0.3, -0.25) is 4.40 Å². The maximum absolute atomic E-state index is 6.09. The van der Waals surface area contributed by atoms with Crippen LogP contribution in [0.4, 0.5) is 5.82 Å². The summed E-state index contributed by atoms with van der Waals surface area (Å²) in [5, 5.41) is 0.607. The predicted molar refractivity (Wildman–Crippen MR) is 74.4 cm³/mol. The molecule has 0 bridgehead atoms. The predicted octanol–water partition coefficient (Wildman–Crippen LogP) is 2.64. The van der Waals surface area contributed by atoms with Crippen LogP contribution in [0.5, 0.6) is 5.88 Å². The summed E-state index contributed by atoms with van der Waals surface area (Å²) in [6, 6.07) is 7.23. The van der Waals surface area contributed by atoms with Gasteiger partial charge in [-0.25, -0.2) is 9.97 Å². The van der Waals surface area contributed by atoms with Crippen LogP contribution < -0.4 is 10.5 Å². The lowest BCUT2D eigenvalue weighted by atomic mass is 10.2. The Morgan fingerprint density at radius 1 is 1.26 bits per heavy atom.